The summed E-state index contributed by atoms with van der Waals surface area (Å²) < 4.78 is 5.86. The molecule has 0 aromatic rings. The van der Waals surface area contributed by atoms with Gasteiger partial charge in [-0.25, -0.2) is 0 Å². The SMILES string of the molecule is C=C1C=C(Br)OCC1. The molecule has 1 rings (SSSR count). The number of allylic oxidation sites excluding steroid dienone is 1. The van der Waals surface area contributed by atoms with Crippen LogP contribution in [0.15, 0.2) is 22.9 Å². The van der Waals surface area contributed by atoms with Crippen LogP contribution in [0.4, 0.5) is 0 Å². The fourth-order valence-electron chi connectivity index (χ4n) is 0.554. The van der Waals surface area contributed by atoms with Gasteiger partial charge in [0, 0.05) is 6.42 Å². The minimum absolute atomic E-state index is 0.760. The Morgan fingerprint density at radius 3 is 2.88 bits per heavy atom. The summed E-state index contributed by atoms with van der Waals surface area (Å²) in [5, 5.41) is 0. The summed E-state index contributed by atoms with van der Waals surface area (Å²) in [5.41, 5.74) is 1.13. The molecule has 0 saturated heterocycles. The van der Waals surface area contributed by atoms with Gasteiger partial charge in [0.05, 0.1) is 6.61 Å². The third kappa shape index (κ3) is 1.37. The molecular formula is C6H7BrO. The van der Waals surface area contributed by atoms with Crippen molar-refractivity contribution in [3.05, 3.63) is 22.9 Å². The standard InChI is InChI=1S/C6H7BrO/c1-5-2-3-8-6(7)4-5/h4H,1-3H2. The molecule has 2 heteroatoms. The fraction of sp³-hybridized carbons (Fsp3) is 0.333. The summed E-state index contributed by atoms with van der Waals surface area (Å²) in [6, 6.07) is 0. The number of hydrogen-bond acceptors (Lipinski definition) is 1. The van der Waals surface area contributed by atoms with E-state index in [0.717, 1.165) is 23.3 Å². The number of hydrogen-bond donors (Lipinski definition) is 0. The van der Waals surface area contributed by atoms with Gasteiger partial charge in [-0.2, -0.15) is 0 Å². The summed E-state index contributed by atoms with van der Waals surface area (Å²) >= 11 is 3.21. The highest BCUT2D eigenvalue weighted by Gasteiger charge is 2.01. The van der Waals surface area contributed by atoms with Gasteiger partial charge in [0.25, 0.3) is 0 Å². The molecule has 0 fully saturated rings. The van der Waals surface area contributed by atoms with Crippen molar-refractivity contribution < 1.29 is 4.74 Å². The Kier molecular flexibility index (Phi) is 1.73. The quantitative estimate of drug-likeness (QED) is 0.548. The van der Waals surface area contributed by atoms with Crippen LogP contribution in [-0.2, 0) is 4.74 Å². The Balaban J connectivity index is 2.64. The lowest BCUT2D eigenvalue weighted by molar-refractivity contribution is 0.236. The average Bonchev–Trinajstić information content (AvgIpc) is 1.64. The fourth-order valence-corrected chi connectivity index (χ4v) is 1.04. The average molecular weight is 175 g/mol. The molecule has 1 nitrogen and oxygen atoms in total. The molecule has 0 saturated carbocycles. The molecular weight excluding hydrogens is 168 g/mol. The molecule has 0 aliphatic carbocycles. The Bertz CT molecular complexity index is 137. The molecule has 44 valence electrons. The van der Waals surface area contributed by atoms with Gasteiger partial charge in [-0.1, -0.05) is 6.58 Å². The first-order valence-corrected chi connectivity index (χ1v) is 3.26. The van der Waals surface area contributed by atoms with E-state index in [4.69, 9.17) is 4.74 Å². The monoisotopic (exact) mass is 174 g/mol. The normalized spacial score (nSPS) is 19.6. The van der Waals surface area contributed by atoms with Crippen LogP contribution < -0.4 is 0 Å². The van der Waals surface area contributed by atoms with Gasteiger partial charge in [0.1, 0.15) is 0 Å². The van der Waals surface area contributed by atoms with Crippen LogP contribution >= 0.6 is 15.9 Å². The first kappa shape index (κ1) is 5.89. The van der Waals surface area contributed by atoms with Crippen molar-refractivity contribution in [2.45, 2.75) is 6.42 Å². The maximum Gasteiger partial charge on any atom is 0.162 e. The Morgan fingerprint density at radius 2 is 2.50 bits per heavy atom. The van der Waals surface area contributed by atoms with E-state index in [1.807, 2.05) is 6.08 Å². The zero-order valence-corrected chi connectivity index (χ0v) is 6.07. The molecule has 0 unspecified atom stereocenters. The molecule has 1 aliphatic heterocycles. The molecule has 0 aromatic heterocycles. The van der Waals surface area contributed by atoms with Crippen LogP contribution in [0.25, 0.3) is 0 Å². The first-order chi connectivity index (χ1) is 3.79. The number of halogens is 1. The maximum absolute atomic E-state index is 5.07. The van der Waals surface area contributed by atoms with Crippen LogP contribution in [0.3, 0.4) is 0 Å². The maximum atomic E-state index is 5.07. The molecule has 1 aliphatic rings. The molecule has 0 spiro atoms. The van der Waals surface area contributed by atoms with Crippen molar-refractivity contribution in [1.82, 2.24) is 0 Å². The zero-order chi connectivity index (χ0) is 5.98. The van der Waals surface area contributed by atoms with Gasteiger partial charge in [0.2, 0.25) is 0 Å². The molecule has 0 atom stereocenters. The van der Waals surface area contributed by atoms with Crippen LogP contribution in [-0.4, -0.2) is 6.61 Å². The minimum Gasteiger partial charge on any atom is -0.486 e. The summed E-state index contributed by atoms with van der Waals surface area (Å²) in [6.07, 6.45) is 2.85. The van der Waals surface area contributed by atoms with Gasteiger partial charge in [-0.15, -0.1) is 0 Å². The smallest absolute Gasteiger partial charge is 0.162 e. The largest absolute Gasteiger partial charge is 0.486 e. The van der Waals surface area contributed by atoms with Gasteiger partial charge in [0.15, 0.2) is 4.67 Å². The molecule has 0 radical (unpaired) electrons. The minimum atomic E-state index is 0.760. The second-order valence-electron chi connectivity index (χ2n) is 1.71. The number of rotatable bonds is 0. The van der Waals surface area contributed by atoms with Crippen LogP contribution in [0.1, 0.15) is 6.42 Å². The third-order valence-corrected chi connectivity index (χ3v) is 1.44. The Hall–Kier alpha value is -0.240. The van der Waals surface area contributed by atoms with E-state index in [0.29, 0.717) is 0 Å². The van der Waals surface area contributed by atoms with Crippen LogP contribution in [0, 0.1) is 0 Å². The first-order valence-electron chi connectivity index (χ1n) is 2.47. The van der Waals surface area contributed by atoms with E-state index < -0.39 is 0 Å². The second kappa shape index (κ2) is 2.35. The zero-order valence-electron chi connectivity index (χ0n) is 4.48. The van der Waals surface area contributed by atoms with E-state index >= 15 is 0 Å². The lowest BCUT2D eigenvalue weighted by Gasteiger charge is -2.10. The molecule has 0 amide bonds. The lowest BCUT2D eigenvalue weighted by Crippen LogP contribution is -1.97. The van der Waals surface area contributed by atoms with Gasteiger partial charge >= 0.3 is 0 Å². The Labute approximate surface area is 57.2 Å². The lowest BCUT2D eigenvalue weighted by atomic mass is 10.2. The summed E-state index contributed by atoms with van der Waals surface area (Å²) in [6.45, 7) is 4.54. The van der Waals surface area contributed by atoms with Crippen molar-refractivity contribution in [2.24, 2.45) is 0 Å². The van der Waals surface area contributed by atoms with Gasteiger partial charge in [-0.05, 0) is 27.6 Å². The molecule has 0 bridgehead atoms. The highest BCUT2D eigenvalue weighted by atomic mass is 79.9. The highest BCUT2D eigenvalue weighted by molar-refractivity contribution is 9.11. The van der Waals surface area contributed by atoms with E-state index in [1.54, 1.807) is 0 Å². The molecule has 8 heavy (non-hydrogen) atoms. The summed E-state index contributed by atoms with van der Waals surface area (Å²) in [4.78, 5) is 0. The van der Waals surface area contributed by atoms with E-state index in [1.165, 1.54) is 0 Å². The predicted molar refractivity (Wildman–Crippen MR) is 36.7 cm³/mol. The molecule has 0 N–H and O–H groups in total. The summed E-state index contributed by atoms with van der Waals surface area (Å²) in [5.74, 6) is 0. The predicted octanol–water partition coefficient (Wildman–Crippen LogP) is 2.20. The Morgan fingerprint density at radius 1 is 1.75 bits per heavy atom. The summed E-state index contributed by atoms with van der Waals surface area (Å²) in [7, 11) is 0. The highest BCUT2D eigenvalue weighted by Crippen LogP contribution is 2.17. The number of ether oxygens (including phenoxy) is 1. The van der Waals surface area contributed by atoms with Crippen LogP contribution in [0.2, 0.25) is 0 Å². The van der Waals surface area contributed by atoms with Crippen molar-refractivity contribution in [3.63, 3.8) is 0 Å². The van der Waals surface area contributed by atoms with E-state index in [9.17, 15) is 0 Å². The van der Waals surface area contributed by atoms with Crippen molar-refractivity contribution in [1.29, 1.82) is 0 Å². The van der Waals surface area contributed by atoms with Crippen LogP contribution in [0.5, 0.6) is 0 Å². The van der Waals surface area contributed by atoms with E-state index in [-0.39, 0.29) is 0 Å². The second-order valence-corrected chi connectivity index (χ2v) is 2.49. The van der Waals surface area contributed by atoms with Gasteiger partial charge < -0.3 is 4.74 Å². The van der Waals surface area contributed by atoms with E-state index in [2.05, 4.69) is 22.5 Å². The van der Waals surface area contributed by atoms with Crippen molar-refractivity contribution in [2.75, 3.05) is 6.61 Å². The topological polar surface area (TPSA) is 9.23 Å². The van der Waals surface area contributed by atoms with Gasteiger partial charge in [-0.3, -0.25) is 0 Å². The molecule has 0 aromatic carbocycles. The third-order valence-electron chi connectivity index (χ3n) is 0.981. The van der Waals surface area contributed by atoms with Crippen molar-refractivity contribution in [3.8, 4) is 0 Å². The van der Waals surface area contributed by atoms with Crippen molar-refractivity contribution >= 4 is 15.9 Å². The molecule has 1 heterocycles.